The Morgan fingerprint density at radius 3 is 2.93 bits per heavy atom. The van der Waals surface area contributed by atoms with Crippen molar-refractivity contribution in [1.82, 2.24) is 5.32 Å². The van der Waals surface area contributed by atoms with Crippen LogP contribution in [0.1, 0.15) is 31.4 Å². The molecule has 0 aliphatic heterocycles. The summed E-state index contributed by atoms with van der Waals surface area (Å²) < 4.78 is 10.8. The van der Waals surface area contributed by atoms with Gasteiger partial charge in [-0.1, -0.05) is 0 Å². The number of hydrogen-bond donors (Lipinski definition) is 1. The fraction of sp³-hybridized carbons (Fsp3) is 0.667. The van der Waals surface area contributed by atoms with Crippen LogP contribution < -0.4 is 5.32 Å². The highest BCUT2D eigenvalue weighted by Crippen LogP contribution is 2.37. The standard InChI is InChI=1S/C12H19NO2/c1-14-12(5-3-6-12)7-8-13-10-11-4-2-9-15-11/h2,4,9,13H,3,5-8,10H2,1H3. The molecule has 0 saturated heterocycles. The van der Waals surface area contributed by atoms with Gasteiger partial charge >= 0.3 is 0 Å². The summed E-state index contributed by atoms with van der Waals surface area (Å²) in [6, 6.07) is 3.90. The van der Waals surface area contributed by atoms with Gasteiger partial charge in [0.05, 0.1) is 18.4 Å². The molecule has 1 N–H and O–H groups in total. The van der Waals surface area contributed by atoms with Crippen LogP contribution >= 0.6 is 0 Å². The molecule has 1 aliphatic rings. The highest BCUT2D eigenvalue weighted by Gasteiger charge is 2.35. The Morgan fingerprint density at radius 1 is 1.53 bits per heavy atom. The zero-order chi connectivity index (χ0) is 10.6. The predicted molar refractivity (Wildman–Crippen MR) is 58.6 cm³/mol. The van der Waals surface area contributed by atoms with Gasteiger partial charge in [-0.15, -0.1) is 0 Å². The topological polar surface area (TPSA) is 34.4 Å². The lowest BCUT2D eigenvalue weighted by molar-refractivity contribution is -0.0768. The lowest BCUT2D eigenvalue weighted by Crippen LogP contribution is -2.41. The van der Waals surface area contributed by atoms with Gasteiger partial charge in [-0.3, -0.25) is 0 Å². The fourth-order valence-electron chi connectivity index (χ4n) is 2.07. The molecule has 1 fully saturated rings. The largest absolute Gasteiger partial charge is 0.468 e. The summed E-state index contributed by atoms with van der Waals surface area (Å²) in [6.07, 6.45) is 6.55. The second kappa shape index (κ2) is 4.81. The lowest BCUT2D eigenvalue weighted by Gasteiger charge is -2.40. The Hall–Kier alpha value is -0.800. The average Bonchev–Trinajstić information content (AvgIpc) is 2.68. The highest BCUT2D eigenvalue weighted by atomic mass is 16.5. The summed E-state index contributed by atoms with van der Waals surface area (Å²) in [5.74, 6) is 0.995. The molecule has 1 heterocycles. The van der Waals surface area contributed by atoms with E-state index in [0.717, 1.165) is 25.3 Å². The fourth-order valence-corrected chi connectivity index (χ4v) is 2.07. The lowest BCUT2D eigenvalue weighted by atomic mass is 9.77. The molecule has 1 saturated carbocycles. The number of nitrogens with one attached hydrogen (secondary N) is 1. The van der Waals surface area contributed by atoms with E-state index in [0.29, 0.717) is 0 Å². The minimum atomic E-state index is 0.177. The maximum atomic E-state index is 5.55. The van der Waals surface area contributed by atoms with Gasteiger partial charge in [-0.25, -0.2) is 0 Å². The molecule has 84 valence electrons. The third kappa shape index (κ3) is 2.61. The van der Waals surface area contributed by atoms with Gasteiger partial charge in [0.2, 0.25) is 0 Å². The van der Waals surface area contributed by atoms with Crippen molar-refractivity contribution >= 4 is 0 Å². The molecular formula is C12H19NO2. The zero-order valence-corrected chi connectivity index (χ0v) is 9.29. The molecule has 0 aromatic carbocycles. The molecule has 15 heavy (non-hydrogen) atoms. The van der Waals surface area contributed by atoms with E-state index in [1.807, 2.05) is 19.2 Å². The molecule has 0 atom stereocenters. The number of rotatable bonds is 6. The van der Waals surface area contributed by atoms with Crippen molar-refractivity contribution in [2.45, 2.75) is 37.8 Å². The second-order valence-electron chi connectivity index (χ2n) is 4.25. The predicted octanol–water partition coefficient (Wildman–Crippen LogP) is 2.33. The molecular weight excluding hydrogens is 190 g/mol. The van der Waals surface area contributed by atoms with Crippen molar-refractivity contribution < 1.29 is 9.15 Å². The van der Waals surface area contributed by atoms with Gasteiger partial charge in [-0.2, -0.15) is 0 Å². The SMILES string of the molecule is COC1(CCNCc2ccco2)CCC1. The van der Waals surface area contributed by atoms with Gasteiger partial charge in [0.25, 0.3) is 0 Å². The van der Waals surface area contributed by atoms with Crippen molar-refractivity contribution in [3.8, 4) is 0 Å². The second-order valence-corrected chi connectivity index (χ2v) is 4.25. The molecule has 3 heteroatoms. The van der Waals surface area contributed by atoms with Crippen LogP contribution in [0.25, 0.3) is 0 Å². The first-order valence-corrected chi connectivity index (χ1v) is 5.63. The van der Waals surface area contributed by atoms with Gasteiger partial charge in [-0.05, 0) is 44.4 Å². The summed E-state index contributed by atoms with van der Waals surface area (Å²) in [6.45, 7) is 1.81. The van der Waals surface area contributed by atoms with Crippen LogP contribution in [0.3, 0.4) is 0 Å². The third-order valence-electron chi connectivity index (χ3n) is 3.33. The van der Waals surface area contributed by atoms with Crippen LogP contribution in [0.5, 0.6) is 0 Å². The van der Waals surface area contributed by atoms with Crippen LogP contribution in [0, 0.1) is 0 Å². The third-order valence-corrected chi connectivity index (χ3v) is 3.33. The van der Waals surface area contributed by atoms with Crippen LogP contribution in [-0.2, 0) is 11.3 Å². The van der Waals surface area contributed by atoms with Crippen LogP contribution in [0.15, 0.2) is 22.8 Å². The first kappa shape index (κ1) is 10.7. The van der Waals surface area contributed by atoms with Gasteiger partial charge in [0, 0.05) is 7.11 Å². The summed E-state index contributed by atoms with van der Waals surface area (Å²) in [7, 11) is 1.83. The van der Waals surface area contributed by atoms with Crippen LogP contribution in [0.2, 0.25) is 0 Å². The van der Waals surface area contributed by atoms with E-state index >= 15 is 0 Å². The highest BCUT2D eigenvalue weighted by molar-refractivity contribution is 4.97. The zero-order valence-electron chi connectivity index (χ0n) is 9.29. The molecule has 1 aromatic rings. The molecule has 1 aliphatic carbocycles. The molecule has 0 radical (unpaired) electrons. The number of hydrogen-bond acceptors (Lipinski definition) is 3. The van der Waals surface area contributed by atoms with E-state index in [1.165, 1.54) is 19.3 Å². The van der Waals surface area contributed by atoms with E-state index in [1.54, 1.807) is 6.26 Å². The van der Waals surface area contributed by atoms with E-state index in [2.05, 4.69) is 5.32 Å². The van der Waals surface area contributed by atoms with Crippen molar-refractivity contribution in [2.24, 2.45) is 0 Å². The van der Waals surface area contributed by atoms with Crippen LogP contribution in [0.4, 0.5) is 0 Å². The number of ether oxygens (including phenoxy) is 1. The van der Waals surface area contributed by atoms with Gasteiger partial charge in [0.15, 0.2) is 0 Å². The molecule has 0 unspecified atom stereocenters. The quantitative estimate of drug-likeness (QED) is 0.730. The van der Waals surface area contributed by atoms with E-state index in [4.69, 9.17) is 9.15 Å². The molecule has 2 rings (SSSR count). The molecule has 0 amide bonds. The molecule has 1 aromatic heterocycles. The summed E-state index contributed by atoms with van der Waals surface area (Å²) >= 11 is 0. The minimum absolute atomic E-state index is 0.177. The Bertz CT molecular complexity index is 272. The molecule has 0 spiro atoms. The monoisotopic (exact) mass is 209 g/mol. The average molecular weight is 209 g/mol. The summed E-state index contributed by atoms with van der Waals surface area (Å²) in [5, 5.41) is 3.37. The number of methoxy groups -OCH3 is 1. The van der Waals surface area contributed by atoms with E-state index in [-0.39, 0.29) is 5.60 Å². The van der Waals surface area contributed by atoms with Crippen molar-refractivity contribution in [3.63, 3.8) is 0 Å². The van der Waals surface area contributed by atoms with Gasteiger partial charge in [0.1, 0.15) is 5.76 Å². The van der Waals surface area contributed by atoms with E-state index < -0.39 is 0 Å². The van der Waals surface area contributed by atoms with Gasteiger partial charge < -0.3 is 14.5 Å². The van der Waals surface area contributed by atoms with Crippen LogP contribution in [-0.4, -0.2) is 19.3 Å². The van der Waals surface area contributed by atoms with Crippen molar-refractivity contribution in [3.05, 3.63) is 24.2 Å². The first-order valence-electron chi connectivity index (χ1n) is 5.63. The normalized spacial score (nSPS) is 18.7. The van der Waals surface area contributed by atoms with Crippen molar-refractivity contribution in [1.29, 1.82) is 0 Å². The number of furan rings is 1. The summed E-state index contributed by atoms with van der Waals surface area (Å²) in [5.41, 5.74) is 0.177. The smallest absolute Gasteiger partial charge is 0.117 e. The summed E-state index contributed by atoms with van der Waals surface area (Å²) in [4.78, 5) is 0. The maximum Gasteiger partial charge on any atom is 0.117 e. The molecule has 0 bridgehead atoms. The Kier molecular flexibility index (Phi) is 3.44. The maximum absolute atomic E-state index is 5.55. The minimum Gasteiger partial charge on any atom is -0.468 e. The first-order chi connectivity index (χ1) is 7.35. The Labute approximate surface area is 90.8 Å². The molecule has 3 nitrogen and oxygen atoms in total. The Balaban J connectivity index is 1.62. The Morgan fingerprint density at radius 2 is 2.40 bits per heavy atom. The van der Waals surface area contributed by atoms with Crippen molar-refractivity contribution in [2.75, 3.05) is 13.7 Å². The van der Waals surface area contributed by atoms with E-state index in [9.17, 15) is 0 Å².